The second-order valence-electron chi connectivity index (χ2n) is 7.00. The summed E-state index contributed by atoms with van der Waals surface area (Å²) in [6.07, 6.45) is 2.36. The Balaban J connectivity index is 1.98. The van der Waals surface area contributed by atoms with Crippen molar-refractivity contribution in [3.8, 4) is 0 Å². The predicted octanol–water partition coefficient (Wildman–Crippen LogP) is 4.87. The van der Waals surface area contributed by atoms with Gasteiger partial charge in [-0.2, -0.15) is 13.5 Å². The van der Waals surface area contributed by atoms with Crippen molar-refractivity contribution < 1.29 is 22.0 Å². The van der Waals surface area contributed by atoms with Crippen LogP contribution in [0.15, 0.2) is 95.9 Å². The molecule has 3 aromatic rings. The lowest BCUT2D eigenvalue weighted by molar-refractivity contribution is -0.000210. The average molecular weight is 441 g/mol. The van der Waals surface area contributed by atoms with Gasteiger partial charge in [-0.1, -0.05) is 90.5 Å². The molecule has 3 rings (SSSR count). The van der Waals surface area contributed by atoms with Crippen molar-refractivity contribution >= 4 is 21.9 Å². The number of carbonyl (C=O) groups is 1. The van der Waals surface area contributed by atoms with Crippen LogP contribution in [-0.2, 0) is 10.0 Å². The first-order chi connectivity index (χ1) is 14.7. The van der Waals surface area contributed by atoms with Crippen LogP contribution in [0.1, 0.15) is 21.5 Å². The van der Waals surface area contributed by atoms with Crippen molar-refractivity contribution in [3.05, 3.63) is 108 Å². The van der Waals surface area contributed by atoms with Crippen molar-refractivity contribution in [1.29, 1.82) is 0 Å². The summed E-state index contributed by atoms with van der Waals surface area (Å²) in [6, 6.07) is 19.3. The van der Waals surface area contributed by atoms with Gasteiger partial charge in [0.25, 0.3) is 0 Å². The molecule has 1 N–H and O–H groups in total. The van der Waals surface area contributed by atoms with E-state index >= 15 is 8.78 Å². The van der Waals surface area contributed by atoms with Crippen LogP contribution in [0.5, 0.6) is 0 Å². The van der Waals surface area contributed by atoms with Gasteiger partial charge in [0.05, 0.1) is 4.90 Å². The molecule has 0 amide bonds. The van der Waals surface area contributed by atoms with Crippen LogP contribution in [0.3, 0.4) is 0 Å². The van der Waals surface area contributed by atoms with Gasteiger partial charge in [-0.15, -0.1) is 0 Å². The van der Waals surface area contributed by atoms with Gasteiger partial charge in [-0.3, -0.25) is 4.79 Å². The molecule has 7 heteroatoms. The molecule has 0 aliphatic heterocycles. The summed E-state index contributed by atoms with van der Waals surface area (Å²) in [5.41, 5.74) is 1.20. The van der Waals surface area contributed by atoms with Crippen molar-refractivity contribution in [2.45, 2.75) is 23.8 Å². The van der Waals surface area contributed by atoms with Crippen LogP contribution >= 0.6 is 0 Å². The molecule has 0 fully saturated rings. The Kier molecular flexibility index (Phi) is 6.77. The van der Waals surface area contributed by atoms with Crippen LogP contribution in [0.2, 0.25) is 0 Å². The third kappa shape index (κ3) is 5.51. The predicted molar refractivity (Wildman–Crippen MR) is 116 cm³/mol. The first-order valence-electron chi connectivity index (χ1n) is 9.50. The quantitative estimate of drug-likeness (QED) is 0.507. The fourth-order valence-corrected chi connectivity index (χ4v) is 4.07. The maximum atomic E-state index is 15.3. The number of ketones is 1. The van der Waals surface area contributed by atoms with Crippen LogP contribution < -0.4 is 4.72 Å². The van der Waals surface area contributed by atoms with Crippen molar-refractivity contribution in [2.24, 2.45) is 0 Å². The van der Waals surface area contributed by atoms with Gasteiger partial charge >= 0.3 is 5.92 Å². The molecule has 4 nitrogen and oxygen atoms in total. The van der Waals surface area contributed by atoms with E-state index in [0.717, 1.165) is 11.6 Å². The van der Waals surface area contributed by atoms with Crippen molar-refractivity contribution in [1.82, 2.24) is 4.72 Å². The summed E-state index contributed by atoms with van der Waals surface area (Å²) in [5.74, 6) is -5.49. The van der Waals surface area contributed by atoms with Gasteiger partial charge < -0.3 is 0 Å². The molecule has 1 atom stereocenters. The van der Waals surface area contributed by atoms with E-state index in [0.29, 0.717) is 5.56 Å². The maximum Gasteiger partial charge on any atom is 0.329 e. The zero-order valence-corrected chi connectivity index (χ0v) is 17.5. The molecule has 0 saturated heterocycles. The Bertz CT molecular complexity index is 1160. The molecule has 0 aromatic heterocycles. The number of benzene rings is 3. The summed E-state index contributed by atoms with van der Waals surface area (Å²) >= 11 is 0. The summed E-state index contributed by atoms with van der Waals surface area (Å²) < 4.78 is 58.1. The largest absolute Gasteiger partial charge is 0.329 e. The van der Waals surface area contributed by atoms with Crippen molar-refractivity contribution in [3.63, 3.8) is 0 Å². The molecule has 31 heavy (non-hydrogen) atoms. The number of carbonyl (C=O) groups excluding carboxylic acids is 1. The highest BCUT2D eigenvalue weighted by atomic mass is 32.2. The average Bonchev–Trinajstić information content (AvgIpc) is 2.77. The number of nitrogens with one attached hydrogen (secondary N) is 1. The van der Waals surface area contributed by atoms with Gasteiger partial charge in [-0.25, -0.2) is 8.42 Å². The molecular formula is C24H21F2NO3S. The molecule has 0 heterocycles. The van der Waals surface area contributed by atoms with E-state index in [1.54, 1.807) is 55.5 Å². The molecule has 0 bridgehead atoms. The smallest absolute Gasteiger partial charge is 0.287 e. The fraction of sp³-hybridized carbons (Fsp3) is 0.125. The van der Waals surface area contributed by atoms with Gasteiger partial charge in [0.1, 0.15) is 6.04 Å². The third-order valence-electron chi connectivity index (χ3n) is 4.62. The lowest BCUT2D eigenvalue weighted by atomic mass is 9.99. The monoisotopic (exact) mass is 441 g/mol. The highest BCUT2D eigenvalue weighted by Gasteiger charge is 2.48. The molecule has 0 radical (unpaired) electrons. The Labute approximate surface area is 180 Å². The standard InChI is InChI=1S/C24H21F2NO3S/c1-18-12-15-21(16-13-18)31(29,30)27-22(17-14-19-8-4-2-5-9-19)24(25,26)23(28)20-10-6-3-7-11-20/h2-17,22,27H,1H3/b17-14+. The number of alkyl halides is 2. The maximum absolute atomic E-state index is 15.3. The second kappa shape index (κ2) is 9.32. The van der Waals surface area contributed by atoms with Crippen LogP contribution in [0, 0.1) is 6.92 Å². The van der Waals surface area contributed by atoms with E-state index in [9.17, 15) is 13.2 Å². The van der Waals surface area contributed by atoms with Crippen LogP contribution in [0.4, 0.5) is 8.78 Å². The molecule has 0 aliphatic carbocycles. The second-order valence-corrected chi connectivity index (χ2v) is 8.71. The van der Waals surface area contributed by atoms with Gasteiger partial charge in [0.15, 0.2) is 0 Å². The van der Waals surface area contributed by atoms with Crippen LogP contribution in [0.25, 0.3) is 6.08 Å². The van der Waals surface area contributed by atoms with Gasteiger partial charge in [0, 0.05) is 5.56 Å². The molecule has 1 unspecified atom stereocenters. The Morgan fingerprint density at radius 1 is 0.903 bits per heavy atom. The van der Waals surface area contributed by atoms with E-state index in [1.807, 2.05) is 4.72 Å². The SMILES string of the molecule is Cc1ccc(S(=O)(=O)NC(/C=C/c2ccccc2)C(F)(F)C(=O)c2ccccc2)cc1. The topological polar surface area (TPSA) is 63.2 Å². The fourth-order valence-electron chi connectivity index (χ4n) is 2.88. The van der Waals surface area contributed by atoms with Crippen LogP contribution in [-0.4, -0.2) is 26.2 Å². The zero-order chi connectivity index (χ0) is 22.5. The molecule has 3 aromatic carbocycles. The Hall–Kier alpha value is -3.16. The third-order valence-corrected chi connectivity index (χ3v) is 6.08. The number of hydrogen-bond acceptors (Lipinski definition) is 3. The normalized spacial score (nSPS) is 13.3. The van der Waals surface area contributed by atoms with Gasteiger partial charge in [0.2, 0.25) is 15.8 Å². The van der Waals surface area contributed by atoms with Gasteiger partial charge in [-0.05, 0) is 24.6 Å². The number of rotatable bonds is 8. The Morgan fingerprint density at radius 3 is 2.03 bits per heavy atom. The molecule has 160 valence electrons. The van der Waals surface area contributed by atoms with Crippen molar-refractivity contribution in [2.75, 3.05) is 0 Å². The van der Waals surface area contributed by atoms with E-state index in [-0.39, 0.29) is 10.5 Å². The minimum atomic E-state index is -4.31. The minimum absolute atomic E-state index is 0.167. The highest BCUT2D eigenvalue weighted by molar-refractivity contribution is 7.89. The molecular weight excluding hydrogens is 420 g/mol. The van der Waals surface area contributed by atoms with E-state index in [4.69, 9.17) is 0 Å². The number of sulfonamides is 1. The lowest BCUT2D eigenvalue weighted by Crippen LogP contribution is -2.50. The first-order valence-corrected chi connectivity index (χ1v) is 11.0. The molecule has 0 spiro atoms. The summed E-state index contributed by atoms with van der Waals surface area (Å²) in [6.45, 7) is 1.78. The molecule has 0 aliphatic rings. The lowest BCUT2D eigenvalue weighted by Gasteiger charge is -2.24. The van der Waals surface area contributed by atoms with E-state index in [2.05, 4.69) is 0 Å². The highest BCUT2D eigenvalue weighted by Crippen LogP contribution is 2.27. The summed E-state index contributed by atoms with van der Waals surface area (Å²) in [5, 5.41) is 0. The number of aryl methyl sites for hydroxylation is 1. The number of halogens is 2. The first kappa shape index (κ1) is 22.5. The van der Waals surface area contributed by atoms with E-state index < -0.39 is 27.8 Å². The zero-order valence-electron chi connectivity index (χ0n) is 16.7. The number of Topliss-reactive ketones (excluding diaryl/α,β-unsaturated/α-hetero) is 1. The number of hydrogen-bond donors (Lipinski definition) is 1. The van der Waals surface area contributed by atoms with E-state index in [1.165, 1.54) is 42.5 Å². The molecule has 0 saturated carbocycles. The Morgan fingerprint density at radius 2 is 1.45 bits per heavy atom. The minimum Gasteiger partial charge on any atom is -0.287 e. The summed E-state index contributed by atoms with van der Waals surface area (Å²) in [7, 11) is -4.31. The summed E-state index contributed by atoms with van der Waals surface area (Å²) in [4.78, 5) is 12.4.